The van der Waals surface area contributed by atoms with E-state index in [0.717, 1.165) is 38.5 Å². The minimum absolute atomic E-state index is 0.0776. The van der Waals surface area contributed by atoms with Crippen molar-refractivity contribution in [2.45, 2.75) is 206 Å². The highest BCUT2D eigenvalue weighted by molar-refractivity contribution is 5.69. The molecule has 37 heavy (non-hydrogen) atoms. The first kappa shape index (κ1) is 36.4. The second-order valence-electron chi connectivity index (χ2n) is 12.0. The van der Waals surface area contributed by atoms with Crippen molar-refractivity contribution in [3.8, 4) is 0 Å². The largest absolute Gasteiger partial charge is 0.481 e. The van der Waals surface area contributed by atoms with Crippen molar-refractivity contribution in [3.05, 3.63) is 0 Å². The van der Waals surface area contributed by atoms with Crippen LogP contribution in [0.1, 0.15) is 200 Å². The molecule has 0 aromatic rings. The van der Waals surface area contributed by atoms with E-state index in [1.165, 1.54) is 148 Å². The lowest BCUT2D eigenvalue weighted by atomic mass is 9.94. The lowest BCUT2D eigenvalue weighted by molar-refractivity contribution is -0.142. The summed E-state index contributed by atoms with van der Waals surface area (Å²) in [7, 11) is 0. The molecule has 0 heterocycles. The molecule has 0 aliphatic carbocycles. The van der Waals surface area contributed by atoms with Gasteiger partial charge in [-0.3, -0.25) is 4.79 Å². The Hall–Kier alpha value is -0.570. The number of hydrogen-bond acceptors (Lipinski definition) is 2. The summed E-state index contributed by atoms with van der Waals surface area (Å²) in [5.41, 5.74) is 0. The van der Waals surface area contributed by atoms with Crippen molar-refractivity contribution in [2.75, 3.05) is 0 Å². The van der Waals surface area contributed by atoms with E-state index in [4.69, 9.17) is 0 Å². The van der Waals surface area contributed by atoms with Gasteiger partial charge >= 0.3 is 5.97 Å². The Balaban J connectivity index is 3.45. The number of aliphatic hydroxyl groups excluding tert-OH is 1. The molecule has 0 fully saturated rings. The van der Waals surface area contributed by atoms with E-state index >= 15 is 0 Å². The zero-order valence-electron chi connectivity index (χ0n) is 25.5. The van der Waals surface area contributed by atoms with Gasteiger partial charge in [-0.15, -0.1) is 0 Å². The molecular formula is C34H68O3. The average molecular weight is 525 g/mol. The van der Waals surface area contributed by atoms with E-state index in [-0.39, 0.29) is 12.0 Å². The summed E-state index contributed by atoms with van der Waals surface area (Å²) in [5.74, 6) is -0.695. The first-order chi connectivity index (χ1) is 18.1. The Labute approximate surface area is 233 Å². The van der Waals surface area contributed by atoms with Crippen LogP contribution < -0.4 is 0 Å². The highest BCUT2D eigenvalue weighted by atomic mass is 16.4. The van der Waals surface area contributed by atoms with Crippen LogP contribution >= 0.6 is 0 Å². The van der Waals surface area contributed by atoms with Gasteiger partial charge in [0.05, 0.1) is 12.0 Å². The van der Waals surface area contributed by atoms with Crippen molar-refractivity contribution in [1.29, 1.82) is 0 Å². The third-order valence-electron chi connectivity index (χ3n) is 8.24. The smallest absolute Gasteiger partial charge is 0.306 e. The van der Waals surface area contributed by atoms with E-state index in [0.29, 0.717) is 0 Å². The Bertz CT molecular complexity index is 450. The van der Waals surface area contributed by atoms with Crippen LogP contribution in [0.3, 0.4) is 0 Å². The van der Waals surface area contributed by atoms with Crippen LogP contribution in [0.2, 0.25) is 0 Å². The maximum atomic E-state index is 11.6. The second kappa shape index (κ2) is 30.0. The van der Waals surface area contributed by atoms with Crippen molar-refractivity contribution >= 4 is 5.97 Å². The zero-order valence-corrected chi connectivity index (χ0v) is 25.5. The highest BCUT2D eigenvalue weighted by Gasteiger charge is 2.16. The third kappa shape index (κ3) is 28.3. The van der Waals surface area contributed by atoms with Crippen LogP contribution in [0.4, 0.5) is 0 Å². The summed E-state index contributed by atoms with van der Waals surface area (Å²) in [4.78, 5) is 11.6. The molecule has 0 aliphatic heterocycles. The van der Waals surface area contributed by atoms with E-state index in [1.54, 1.807) is 0 Å². The molecule has 222 valence electrons. The predicted molar refractivity (Wildman–Crippen MR) is 162 cm³/mol. The Morgan fingerprint density at radius 1 is 0.432 bits per heavy atom. The summed E-state index contributed by atoms with van der Waals surface area (Å²) < 4.78 is 0. The Morgan fingerprint density at radius 3 is 0.973 bits per heavy atom. The number of carboxylic acid groups (broad SMARTS) is 1. The van der Waals surface area contributed by atoms with Gasteiger partial charge in [-0.2, -0.15) is 0 Å². The summed E-state index contributed by atoms with van der Waals surface area (Å²) in [5, 5.41) is 19.6. The maximum absolute atomic E-state index is 11.6. The first-order valence-electron chi connectivity index (χ1n) is 17.0. The van der Waals surface area contributed by atoms with Crippen LogP contribution in [-0.4, -0.2) is 22.3 Å². The molecule has 0 saturated carbocycles. The van der Waals surface area contributed by atoms with Crippen LogP contribution in [-0.2, 0) is 4.79 Å². The minimum Gasteiger partial charge on any atom is -0.481 e. The number of unbranched alkanes of at least 4 members (excludes halogenated alkanes) is 22. The standard InChI is InChI=1S/C34H68O3/c1-3-5-7-9-10-11-12-13-15-18-21-24-28-32(34(36)37)29-25-22-19-16-14-17-20-23-27-31-33(35)30-26-8-6-4-2/h32-33,35H,3-31H2,1-2H3,(H,36,37). The van der Waals surface area contributed by atoms with Crippen molar-refractivity contribution in [3.63, 3.8) is 0 Å². The molecule has 0 bridgehead atoms. The number of carboxylic acids is 1. The van der Waals surface area contributed by atoms with Gasteiger partial charge in [-0.25, -0.2) is 0 Å². The van der Waals surface area contributed by atoms with Gasteiger partial charge in [-0.1, -0.05) is 174 Å². The predicted octanol–water partition coefficient (Wildman–Crippen LogP) is 11.4. The zero-order chi connectivity index (χ0) is 27.2. The number of hydrogen-bond donors (Lipinski definition) is 2. The molecule has 0 aromatic heterocycles. The second-order valence-corrected chi connectivity index (χ2v) is 12.0. The molecule has 2 N–H and O–H groups in total. The normalized spacial score (nSPS) is 13.2. The molecule has 0 amide bonds. The van der Waals surface area contributed by atoms with Gasteiger partial charge in [0.2, 0.25) is 0 Å². The highest BCUT2D eigenvalue weighted by Crippen LogP contribution is 2.20. The van der Waals surface area contributed by atoms with Crippen LogP contribution in [0.25, 0.3) is 0 Å². The van der Waals surface area contributed by atoms with Crippen molar-refractivity contribution in [2.24, 2.45) is 5.92 Å². The van der Waals surface area contributed by atoms with Gasteiger partial charge in [0.1, 0.15) is 0 Å². The summed E-state index contributed by atoms with van der Waals surface area (Å²) in [6, 6.07) is 0. The molecule has 0 rings (SSSR count). The van der Waals surface area contributed by atoms with Gasteiger partial charge < -0.3 is 10.2 Å². The molecule has 3 nitrogen and oxygen atoms in total. The maximum Gasteiger partial charge on any atom is 0.306 e. The number of aliphatic carboxylic acids is 1. The van der Waals surface area contributed by atoms with Crippen molar-refractivity contribution in [1.82, 2.24) is 0 Å². The van der Waals surface area contributed by atoms with E-state index in [1.807, 2.05) is 0 Å². The third-order valence-corrected chi connectivity index (χ3v) is 8.24. The lowest BCUT2D eigenvalue weighted by Gasteiger charge is -2.12. The van der Waals surface area contributed by atoms with Crippen LogP contribution in [0, 0.1) is 5.92 Å². The molecular weight excluding hydrogens is 456 g/mol. The Morgan fingerprint density at radius 2 is 0.676 bits per heavy atom. The molecule has 0 aliphatic rings. The number of rotatable bonds is 31. The number of carbonyl (C=O) groups is 1. The SMILES string of the molecule is CCCCCCCCCCCCCCC(CCCCCCCCCCCC(O)CCCCCC)C(=O)O. The van der Waals surface area contributed by atoms with Gasteiger partial charge in [0.25, 0.3) is 0 Å². The summed E-state index contributed by atoms with van der Waals surface area (Å²) >= 11 is 0. The molecule has 0 saturated heterocycles. The van der Waals surface area contributed by atoms with Gasteiger partial charge in [0, 0.05) is 0 Å². The quantitative estimate of drug-likeness (QED) is 0.0886. The van der Waals surface area contributed by atoms with E-state index < -0.39 is 5.97 Å². The average Bonchev–Trinajstić information content (AvgIpc) is 2.88. The van der Waals surface area contributed by atoms with Gasteiger partial charge in [0.15, 0.2) is 0 Å². The molecule has 3 heteroatoms. The molecule has 0 spiro atoms. The molecule has 0 aromatic carbocycles. The molecule has 0 radical (unpaired) electrons. The fraction of sp³-hybridized carbons (Fsp3) is 0.971. The molecule has 2 atom stereocenters. The summed E-state index contributed by atoms with van der Waals surface area (Å²) in [6.07, 6.45) is 35.8. The Kier molecular flexibility index (Phi) is 29.5. The first-order valence-corrected chi connectivity index (χ1v) is 17.0. The van der Waals surface area contributed by atoms with Crippen molar-refractivity contribution < 1.29 is 15.0 Å². The monoisotopic (exact) mass is 525 g/mol. The van der Waals surface area contributed by atoms with Crippen LogP contribution in [0.5, 0.6) is 0 Å². The lowest BCUT2D eigenvalue weighted by Crippen LogP contribution is -2.13. The van der Waals surface area contributed by atoms with E-state index in [9.17, 15) is 15.0 Å². The number of aliphatic hydroxyl groups is 1. The van der Waals surface area contributed by atoms with E-state index in [2.05, 4.69) is 13.8 Å². The molecule has 2 unspecified atom stereocenters. The minimum atomic E-state index is -0.575. The fourth-order valence-electron chi connectivity index (χ4n) is 5.58. The van der Waals surface area contributed by atoms with Crippen LogP contribution in [0.15, 0.2) is 0 Å². The fourth-order valence-corrected chi connectivity index (χ4v) is 5.58. The van der Waals surface area contributed by atoms with Gasteiger partial charge in [-0.05, 0) is 25.7 Å². The summed E-state index contributed by atoms with van der Waals surface area (Å²) in [6.45, 7) is 4.50. The topological polar surface area (TPSA) is 57.5 Å².